The lowest BCUT2D eigenvalue weighted by molar-refractivity contribution is 0.00221. The Morgan fingerprint density at radius 2 is 2.12 bits per heavy atom. The van der Waals surface area contributed by atoms with Crippen LogP contribution in [0.5, 0.6) is 11.5 Å². The second-order valence-electron chi connectivity index (χ2n) is 6.27. The molecule has 1 atom stereocenters. The first-order chi connectivity index (χ1) is 12.7. The SMILES string of the molecule is CCN(CC1CCCCO1)C(=O)Nc1ccc(Oc2cccnc2)cc1. The van der Waals surface area contributed by atoms with Gasteiger partial charge in [-0.25, -0.2) is 4.79 Å². The summed E-state index contributed by atoms with van der Waals surface area (Å²) in [6, 6.07) is 10.9. The van der Waals surface area contributed by atoms with E-state index in [2.05, 4.69) is 10.3 Å². The number of nitrogens with one attached hydrogen (secondary N) is 1. The molecule has 1 aliphatic rings. The zero-order valence-electron chi connectivity index (χ0n) is 15.1. The molecule has 0 spiro atoms. The summed E-state index contributed by atoms with van der Waals surface area (Å²) in [4.78, 5) is 18.3. The fourth-order valence-corrected chi connectivity index (χ4v) is 2.91. The van der Waals surface area contributed by atoms with E-state index in [-0.39, 0.29) is 12.1 Å². The summed E-state index contributed by atoms with van der Waals surface area (Å²) < 4.78 is 11.4. The average Bonchev–Trinajstić information content (AvgIpc) is 2.69. The number of anilines is 1. The Kier molecular flexibility index (Phi) is 6.44. The molecule has 1 N–H and O–H groups in total. The number of nitrogens with zero attached hydrogens (tertiary/aromatic N) is 2. The smallest absolute Gasteiger partial charge is 0.321 e. The topological polar surface area (TPSA) is 63.7 Å². The molecule has 0 radical (unpaired) electrons. The minimum Gasteiger partial charge on any atom is -0.456 e. The maximum absolute atomic E-state index is 12.5. The van der Waals surface area contributed by atoms with E-state index in [4.69, 9.17) is 9.47 Å². The van der Waals surface area contributed by atoms with E-state index in [1.807, 2.05) is 43.3 Å². The number of aromatic nitrogens is 1. The van der Waals surface area contributed by atoms with E-state index in [0.717, 1.165) is 25.1 Å². The lowest BCUT2D eigenvalue weighted by Crippen LogP contribution is -2.41. The van der Waals surface area contributed by atoms with Crippen molar-refractivity contribution in [2.75, 3.05) is 25.0 Å². The van der Waals surface area contributed by atoms with Crippen molar-refractivity contribution in [1.82, 2.24) is 9.88 Å². The third-order valence-corrected chi connectivity index (χ3v) is 4.34. The van der Waals surface area contributed by atoms with Gasteiger partial charge in [0.2, 0.25) is 0 Å². The number of likely N-dealkylation sites (N-methyl/N-ethyl adjacent to an activating group) is 1. The molecule has 1 unspecified atom stereocenters. The summed E-state index contributed by atoms with van der Waals surface area (Å²) in [6.45, 7) is 4.05. The van der Waals surface area contributed by atoms with Gasteiger partial charge in [-0.1, -0.05) is 0 Å². The van der Waals surface area contributed by atoms with Crippen molar-refractivity contribution in [1.29, 1.82) is 0 Å². The summed E-state index contributed by atoms with van der Waals surface area (Å²) in [6.07, 6.45) is 6.80. The van der Waals surface area contributed by atoms with Crippen molar-refractivity contribution in [3.63, 3.8) is 0 Å². The van der Waals surface area contributed by atoms with E-state index >= 15 is 0 Å². The Labute approximate surface area is 154 Å². The number of carbonyl (C=O) groups is 1. The Morgan fingerprint density at radius 3 is 2.77 bits per heavy atom. The van der Waals surface area contributed by atoms with Crippen molar-refractivity contribution in [3.8, 4) is 11.5 Å². The van der Waals surface area contributed by atoms with Crippen LogP contribution < -0.4 is 10.1 Å². The van der Waals surface area contributed by atoms with Gasteiger partial charge in [-0.2, -0.15) is 0 Å². The zero-order valence-corrected chi connectivity index (χ0v) is 15.1. The third kappa shape index (κ3) is 5.20. The number of benzene rings is 1. The normalized spacial score (nSPS) is 16.7. The Balaban J connectivity index is 1.54. The van der Waals surface area contributed by atoms with Crippen molar-refractivity contribution in [2.24, 2.45) is 0 Å². The monoisotopic (exact) mass is 355 g/mol. The highest BCUT2D eigenvalue weighted by Gasteiger charge is 2.20. The quantitative estimate of drug-likeness (QED) is 0.839. The van der Waals surface area contributed by atoms with Gasteiger partial charge in [0.25, 0.3) is 0 Å². The molecule has 138 valence electrons. The fraction of sp³-hybridized carbons (Fsp3) is 0.400. The maximum atomic E-state index is 12.5. The average molecular weight is 355 g/mol. The number of amides is 2. The molecule has 3 rings (SSSR count). The number of ether oxygens (including phenoxy) is 2. The first kappa shape index (κ1) is 18.2. The number of rotatable bonds is 6. The van der Waals surface area contributed by atoms with Gasteiger partial charge in [0, 0.05) is 31.6 Å². The molecule has 0 saturated carbocycles. The number of hydrogen-bond acceptors (Lipinski definition) is 4. The highest BCUT2D eigenvalue weighted by Crippen LogP contribution is 2.22. The predicted molar refractivity (Wildman–Crippen MR) is 101 cm³/mol. The van der Waals surface area contributed by atoms with Crippen LogP contribution in [0.3, 0.4) is 0 Å². The molecule has 2 aromatic rings. The van der Waals surface area contributed by atoms with Gasteiger partial charge in [0.05, 0.1) is 12.3 Å². The highest BCUT2D eigenvalue weighted by molar-refractivity contribution is 5.89. The van der Waals surface area contributed by atoms with Crippen LogP contribution in [-0.2, 0) is 4.74 Å². The molecule has 1 aromatic carbocycles. The molecule has 26 heavy (non-hydrogen) atoms. The molecular weight excluding hydrogens is 330 g/mol. The number of pyridine rings is 1. The Bertz CT molecular complexity index is 685. The van der Waals surface area contributed by atoms with E-state index < -0.39 is 0 Å². The second kappa shape index (κ2) is 9.20. The lowest BCUT2D eigenvalue weighted by Gasteiger charge is -2.29. The molecule has 6 heteroatoms. The van der Waals surface area contributed by atoms with Crippen LogP contribution in [0.1, 0.15) is 26.2 Å². The van der Waals surface area contributed by atoms with Gasteiger partial charge in [0.15, 0.2) is 0 Å². The molecule has 6 nitrogen and oxygen atoms in total. The summed E-state index contributed by atoms with van der Waals surface area (Å²) >= 11 is 0. The van der Waals surface area contributed by atoms with Crippen LogP contribution in [0.2, 0.25) is 0 Å². The molecule has 1 fully saturated rings. The standard InChI is InChI=1S/C20H25N3O3/c1-2-23(15-19-6-3-4-13-25-19)20(24)22-16-8-10-17(11-9-16)26-18-7-5-12-21-14-18/h5,7-12,14,19H,2-4,6,13,15H2,1H3,(H,22,24). The van der Waals surface area contributed by atoms with Crippen LogP contribution in [0, 0.1) is 0 Å². The van der Waals surface area contributed by atoms with E-state index in [1.54, 1.807) is 17.3 Å². The Morgan fingerprint density at radius 1 is 1.27 bits per heavy atom. The molecule has 1 aromatic heterocycles. The summed E-state index contributed by atoms with van der Waals surface area (Å²) in [5.41, 5.74) is 0.733. The predicted octanol–water partition coefficient (Wildman–Crippen LogP) is 4.30. The van der Waals surface area contributed by atoms with Gasteiger partial charge in [-0.15, -0.1) is 0 Å². The number of carbonyl (C=O) groups excluding carboxylic acids is 1. The van der Waals surface area contributed by atoms with E-state index in [0.29, 0.717) is 24.6 Å². The Hall–Kier alpha value is -2.60. The van der Waals surface area contributed by atoms with Crippen LogP contribution in [0.15, 0.2) is 48.8 Å². The largest absolute Gasteiger partial charge is 0.456 e. The van der Waals surface area contributed by atoms with Crippen molar-refractivity contribution in [2.45, 2.75) is 32.3 Å². The fourth-order valence-electron chi connectivity index (χ4n) is 2.91. The van der Waals surface area contributed by atoms with Crippen LogP contribution >= 0.6 is 0 Å². The molecule has 2 amide bonds. The summed E-state index contributed by atoms with van der Waals surface area (Å²) in [7, 11) is 0. The summed E-state index contributed by atoms with van der Waals surface area (Å²) in [5, 5.41) is 2.94. The lowest BCUT2D eigenvalue weighted by atomic mass is 10.1. The van der Waals surface area contributed by atoms with Gasteiger partial charge in [0.1, 0.15) is 11.5 Å². The van der Waals surface area contributed by atoms with Gasteiger partial charge < -0.3 is 19.7 Å². The third-order valence-electron chi connectivity index (χ3n) is 4.34. The van der Waals surface area contributed by atoms with Crippen molar-refractivity contribution >= 4 is 11.7 Å². The van der Waals surface area contributed by atoms with Crippen LogP contribution in [0.4, 0.5) is 10.5 Å². The maximum Gasteiger partial charge on any atom is 0.321 e. The van der Waals surface area contributed by atoms with E-state index in [1.165, 1.54) is 6.42 Å². The van der Waals surface area contributed by atoms with Crippen LogP contribution in [-0.4, -0.2) is 41.7 Å². The van der Waals surface area contributed by atoms with Crippen molar-refractivity contribution < 1.29 is 14.3 Å². The minimum absolute atomic E-state index is 0.109. The molecule has 2 heterocycles. The molecular formula is C20H25N3O3. The molecule has 1 saturated heterocycles. The molecule has 1 aliphatic heterocycles. The first-order valence-electron chi connectivity index (χ1n) is 9.10. The van der Waals surface area contributed by atoms with Crippen LogP contribution in [0.25, 0.3) is 0 Å². The van der Waals surface area contributed by atoms with Gasteiger partial charge in [-0.05, 0) is 62.6 Å². The van der Waals surface area contributed by atoms with Gasteiger partial charge in [-0.3, -0.25) is 4.98 Å². The summed E-state index contributed by atoms with van der Waals surface area (Å²) in [5.74, 6) is 1.37. The molecule has 0 aliphatic carbocycles. The van der Waals surface area contributed by atoms with Crippen molar-refractivity contribution in [3.05, 3.63) is 48.8 Å². The number of hydrogen-bond donors (Lipinski definition) is 1. The van der Waals surface area contributed by atoms with Gasteiger partial charge >= 0.3 is 6.03 Å². The highest BCUT2D eigenvalue weighted by atomic mass is 16.5. The number of urea groups is 1. The van der Waals surface area contributed by atoms with E-state index in [9.17, 15) is 4.79 Å². The first-order valence-corrected chi connectivity index (χ1v) is 9.10. The zero-order chi connectivity index (χ0) is 18.2. The molecule has 0 bridgehead atoms. The minimum atomic E-state index is -0.109. The second-order valence-corrected chi connectivity index (χ2v) is 6.27.